The molecule has 0 spiro atoms. The first kappa shape index (κ1) is 19.6. The van der Waals surface area contributed by atoms with E-state index in [0.717, 1.165) is 6.33 Å². The van der Waals surface area contributed by atoms with Crippen LogP contribution in [-0.2, 0) is 9.47 Å². The number of carbonyl (C=O) groups excluding carboxylic acids is 2. The number of rotatable bonds is 6. The molecule has 11 heteroatoms. The lowest BCUT2D eigenvalue weighted by Gasteiger charge is -2.14. The lowest BCUT2D eigenvalue weighted by Crippen LogP contribution is -2.15. The van der Waals surface area contributed by atoms with E-state index in [1.807, 2.05) is 0 Å². The molecule has 0 radical (unpaired) electrons. The molecule has 0 bridgehead atoms. The van der Waals surface area contributed by atoms with Crippen LogP contribution in [0.2, 0.25) is 0 Å². The Balaban J connectivity index is 2.57. The van der Waals surface area contributed by atoms with Crippen molar-refractivity contribution in [2.45, 2.75) is 0 Å². The molecule has 0 aliphatic rings. The average Bonchev–Trinajstić information content (AvgIpc) is 2.65. The van der Waals surface area contributed by atoms with Crippen LogP contribution in [0.5, 0.6) is 0 Å². The molecular formula is C16H17N5O6. The molecule has 0 unspecified atom stereocenters. The number of benzene rings is 1. The molecule has 1 N–H and O–H groups in total. The molecular weight excluding hydrogens is 358 g/mol. The topological polar surface area (TPSA) is 137 Å². The number of esters is 2. The van der Waals surface area contributed by atoms with Gasteiger partial charge in [-0.1, -0.05) is 0 Å². The van der Waals surface area contributed by atoms with Gasteiger partial charge in [0.1, 0.15) is 6.33 Å². The second kappa shape index (κ2) is 8.08. The Labute approximate surface area is 154 Å². The average molecular weight is 375 g/mol. The minimum Gasteiger partial charge on any atom is -0.465 e. The van der Waals surface area contributed by atoms with E-state index in [1.54, 1.807) is 14.1 Å². The molecule has 0 saturated heterocycles. The van der Waals surface area contributed by atoms with Crippen molar-refractivity contribution in [2.24, 2.45) is 0 Å². The van der Waals surface area contributed by atoms with E-state index in [9.17, 15) is 19.7 Å². The van der Waals surface area contributed by atoms with Gasteiger partial charge in [-0.2, -0.15) is 0 Å². The number of nitrogens with zero attached hydrogens (tertiary/aromatic N) is 4. The van der Waals surface area contributed by atoms with E-state index < -0.39 is 16.9 Å². The fourth-order valence-corrected chi connectivity index (χ4v) is 2.26. The van der Waals surface area contributed by atoms with E-state index in [1.165, 1.54) is 37.3 Å². The van der Waals surface area contributed by atoms with Crippen molar-refractivity contribution in [3.8, 4) is 0 Å². The molecule has 0 amide bonds. The van der Waals surface area contributed by atoms with Crippen LogP contribution >= 0.6 is 0 Å². The number of nitro groups is 1. The van der Waals surface area contributed by atoms with Crippen molar-refractivity contribution in [1.29, 1.82) is 0 Å². The number of hydrogen-bond acceptors (Lipinski definition) is 10. The lowest BCUT2D eigenvalue weighted by atomic mass is 10.1. The molecule has 0 aliphatic carbocycles. The highest BCUT2D eigenvalue weighted by Gasteiger charge is 2.25. The van der Waals surface area contributed by atoms with Gasteiger partial charge in [0.2, 0.25) is 11.6 Å². The van der Waals surface area contributed by atoms with E-state index in [4.69, 9.17) is 0 Å². The summed E-state index contributed by atoms with van der Waals surface area (Å²) in [7, 11) is 5.59. The molecule has 2 rings (SSSR count). The van der Waals surface area contributed by atoms with Gasteiger partial charge in [0, 0.05) is 19.8 Å². The summed E-state index contributed by atoms with van der Waals surface area (Å²) in [6.07, 6.45) is 1.16. The third kappa shape index (κ3) is 4.26. The minimum absolute atomic E-state index is 0.0624. The predicted molar refractivity (Wildman–Crippen MR) is 95.4 cm³/mol. The summed E-state index contributed by atoms with van der Waals surface area (Å²) in [5.74, 6) is -1.38. The molecule has 1 heterocycles. The van der Waals surface area contributed by atoms with Gasteiger partial charge >= 0.3 is 17.6 Å². The number of methoxy groups -OCH3 is 2. The van der Waals surface area contributed by atoms with Gasteiger partial charge in [-0.3, -0.25) is 10.1 Å². The second-order valence-electron chi connectivity index (χ2n) is 5.45. The Kier molecular flexibility index (Phi) is 5.85. The molecule has 0 atom stereocenters. The third-order valence-electron chi connectivity index (χ3n) is 3.45. The molecule has 142 valence electrons. The van der Waals surface area contributed by atoms with Gasteiger partial charge in [0.05, 0.1) is 30.3 Å². The van der Waals surface area contributed by atoms with Crippen LogP contribution < -0.4 is 10.2 Å². The number of carbonyl (C=O) groups is 2. The third-order valence-corrected chi connectivity index (χ3v) is 3.45. The van der Waals surface area contributed by atoms with Crippen molar-refractivity contribution >= 4 is 34.9 Å². The summed E-state index contributed by atoms with van der Waals surface area (Å²) in [5, 5.41) is 14.2. The predicted octanol–water partition coefficient (Wildman–Crippen LogP) is 1.77. The van der Waals surface area contributed by atoms with Crippen LogP contribution in [0.15, 0.2) is 24.5 Å². The Morgan fingerprint density at radius 2 is 1.63 bits per heavy atom. The van der Waals surface area contributed by atoms with Crippen molar-refractivity contribution in [2.75, 3.05) is 38.5 Å². The maximum absolute atomic E-state index is 11.9. The Hall–Kier alpha value is -3.76. The van der Waals surface area contributed by atoms with Crippen LogP contribution in [0.25, 0.3) is 0 Å². The SMILES string of the molecule is COC(=O)c1cc(Nc2ncnc(N(C)C)c2[N+](=O)[O-])cc(C(=O)OC)c1. The van der Waals surface area contributed by atoms with Crippen LogP contribution in [-0.4, -0.2) is 55.1 Å². The Morgan fingerprint density at radius 3 is 2.07 bits per heavy atom. The summed E-state index contributed by atoms with van der Waals surface area (Å²) in [5.41, 5.74) is -0.0183. The smallest absolute Gasteiger partial charge is 0.353 e. The number of anilines is 3. The fourth-order valence-electron chi connectivity index (χ4n) is 2.26. The van der Waals surface area contributed by atoms with Crippen LogP contribution in [0, 0.1) is 10.1 Å². The number of aromatic nitrogens is 2. The standard InChI is InChI=1S/C16H17N5O6/c1-20(2)14-12(21(24)25)13(17-8-18-14)19-11-6-9(15(22)26-3)5-10(7-11)16(23)27-4/h5-8H,1-4H3,(H,17,18,19). The van der Waals surface area contributed by atoms with Crippen molar-refractivity contribution < 1.29 is 24.0 Å². The van der Waals surface area contributed by atoms with E-state index >= 15 is 0 Å². The van der Waals surface area contributed by atoms with Crippen molar-refractivity contribution in [3.05, 3.63) is 45.8 Å². The summed E-state index contributed by atoms with van der Waals surface area (Å²) in [4.78, 5) is 43.9. The highest BCUT2D eigenvalue weighted by atomic mass is 16.6. The summed E-state index contributed by atoms with van der Waals surface area (Å²) >= 11 is 0. The molecule has 0 aliphatic heterocycles. The monoisotopic (exact) mass is 375 g/mol. The van der Waals surface area contributed by atoms with Gasteiger partial charge < -0.3 is 19.7 Å². The second-order valence-corrected chi connectivity index (χ2v) is 5.45. The molecule has 0 fully saturated rings. The van der Waals surface area contributed by atoms with Crippen molar-refractivity contribution in [3.63, 3.8) is 0 Å². The summed E-state index contributed by atoms with van der Waals surface area (Å²) in [6, 6.07) is 4.04. The number of hydrogen-bond donors (Lipinski definition) is 1. The zero-order chi connectivity index (χ0) is 20.1. The molecule has 2 aromatic rings. The Bertz CT molecular complexity index is 865. The van der Waals surface area contributed by atoms with Crippen LogP contribution in [0.4, 0.5) is 23.0 Å². The highest BCUT2D eigenvalue weighted by molar-refractivity contribution is 5.97. The minimum atomic E-state index is -0.685. The van der Waals surface area contributed by atoms with Crippen LogP contribution in [0.3, 0.4) is 0 Å². The van der Waals surface area contributed by atoms with Gasteiger partial charge in [-0.05, 0) is 18.2 Å². The van der Waals surface area contributed by atoms with Crippen LogP contribution in [0.1, 0.15) is 20.7 Å². The molecule has 0 saturated carbocycles. The molecule has 27 heavy (non-hydrogen) atoms. The summed E-state index contributed by atoms with van der Waals surface area (Å²) < 4.78 is 9.33. The van der Waals surface area contributed by atoms with Gasteiger partial charge in [-0.15, -0.1) is 0 Å². The number of ether oxygens (including phenoxy) is 2. The molecule has 1 aromatic carbocycles. The zero-order valence-electron chi connectivity index (χ0n) is 15.0. The maximum atomic E-state index is 11.9. The normalized spacial score (nSPS) is 10.1. The van der Waals surface area contributed by atoms with E-state index in [0.29, 0.717) is 0 Å². The van der Waals surface area contributed by atoms with Crippen molar-refractivity contribution in [1.82, 2.24) is 9.97 Å². The van der Waals surface area contributed by atoms with Gasteiger partial charge in [0.15, 0.2) is 0 Å². The maximum Gasteiger partial charge on any atom is 0.353 e. The highest BCUT2D eigenvalue weighted by Crippen LogP contribution is 2.33. The fraction of sp³-hybridized carbons (Fsp3) is 0.250. The Morgan fingerprint density at radius 1 is 1.07 bits per heavy atom. The largest absolute Gasteiger partial charge is 0.465 e. The van der Waals surface area contributed by atoms with Gasteiger partial charge in [-0.25, -0.2) is 19.6 Å². The summed E-state index contributed by atoms with van der Waals surface area (Å²) in [6.45, 7) is 0. The van der Waals surface area contributed by atoms with E-state index in [2.05, 4.69) is 24.8 Å². The molecule has 11 nitrogen and oxygen atoms in total. The zero-order valence-corrected chi connectivity index (χ0v) is 15.0. The first-order valence-corrected chi connectivity index (χ1v) is 7.54. The van der Waals surface area contributed by atoms with Gasteiger partial charge in [0.25, 0.3) is 0 Å². The quantitative estimate of drug-likeness (QED) is 0.451. The first-order chi connectivity index (χ1) is 12.8. The lowest BCUT2D eigenvalue weighted by molar-refractivity contribution is -0.383. The van der Waals surface area contributed by atoms with E-state index in [-0.39, 0.29) is 34.1 Å². The number of nitrogens with one attached hydrogen (secondary N) is 1. The molecule has 1 aromatic heterocycles. The first-order valence-electron chi connectivity index (χ1n) is 7.54.